The summed E-state index contributed by atoms with van der Waals surface area (Å²) in [4.78, 5) is 11.9. The molecule has 4 heteroatoms. The molecule has 1 aliphatic heterocycles. The topological polar surface area (TPSA) is 29.1 Å². The molecule has 1 aliphatic rings. The Morgan fingerprint density at radius 2 is 2.12 bits per heavy atom. The standard InChI is InChI=1S/C12H14BrNOS/c13-10-5-3-9(4-6-10)12(15)14-11-2-1-7-16-8-11/h3-6,11H,1-2,7-8H2,(H,14,15). The van der Waals surface area contributed by atoms with Gasteiger partial charge in [-0.25, -0.2) is 0 Å². The molecular weight excluding hydrogens is 286 g/mol. The second-order valence-electron chi connectivity index (χ2n) is 3.89. The average Bonchev–Trinajstić information content (AvgIpc) is 2.31. The summed E-state index contributed by atoms with van der Waals surface area (Å²) in [6, 6.07) is 7.81. The highest BCUT2D eigenvalue weighted by molar-refractivity contribution is 9.10. The van der Waals surface area contributed by atoms with E-state index >= 15 is 0 Å². The molecule has 1 unspecified atom stereocenters. The van der Waals surface area contributed by atoms with E-state index in [0.717, 1.165) is 22.2 Å². The molecule has 0 radical (unpaired) electrons. The number of hydrogen-bond donors (Lipinski definition) is 1. The second-order valence-corrected chi connectivity index (χ2v) is 5.96. The molecule has 0 bridgehead atoms. The van der Waals surface area contributed by atoms with Crippen molar-refractivity contribution in [3.05, 3.63) is 34.3 Å². The predicted molar refractivity (Wildman–Crippen MR) is 72.0 cm³/mol. The van der Waals surface area contributed by atoms with Crippen molar-refractivity contribution in [2.45, 2.75) is 18.9 Å². The molecule has 1 aromatic carbocycles. The highest BCUT2D eigenvalue weighted by atomic mass is 79.9. The number of carbonyl (C=O) groups is 1. The van der Waals surface area contributed by atoms with Gasteiger partial charge >= 0.3 is 0 Å². The number of carbonyl (C=O) groups excluding carboxylic acids is 1. The van der Waals surface area contributed by atoms with Gasteiger partial charge in [-0.2, -0.15) is 11.8 Å². The first-order chi connectivity index (χ1) is 7.75. The van der Waals surface area contributed by atoms with E-state index in [2.05, 4.69) is 21.2 Å². The molecule has 1 atom stereocenters. The molecule has 2 nitrogen and oxygen atoms in total. The lowest BCUT2D eigenvalue weighted by Gasteiger charge is -2.22. The van der Waals surface area contributed by atoms with Gasteiger partial charge in [0.1, 0.15) is 0 Å². The summed E-state index contributed by atoms with van der Waals surface area (Å²) in [5.41, 5.74) is 0.735. The summed E-state index contributed by atoms with van der Waals surface area (Å²) in [5, 5.41) is 3.08. The maximum atomic E-state index is 11.9. The first kappa shape index (κ1) is 12.0. The zero-order valence-corrected chi connectivity index (χ0v) is 11.3. The summed E-state index contributed by atoms with van der Waals surface area (Å²) in [7, 11) is 0. The number of benzene rings is 1. The van der Waals surface area contributed by atoms with Crippen molar-refractivity contribution in [2.24, 2.45) is 0 Å². The normalized spacial score (nSPS) is 20.4. The molecule has 0 spiro atoms. The van der Waals surface area contributed by atoms with Crippen molar-refractivity contribution in [1.29, 1.82) is 0 Å². The third-order valence-corrected chi connectivity index (χ3v) is 4.35. The molecule has 1 saturated heterocycles. The smallest absolute Gasteiger partial charge is 0.251 e. The molecule has 86 valence electrons. The van der Waals surface area contributed by atoms with Crippen LogP contribution in [0.15, 0.2) is 28.7 Å². The van der Waals surface area contributed by atoms with Crippen molar-refractivity contribution in [3.63, 3.8) is 0 Å². The van der Waals surface area contributed by atoms with Crippen LogP contribution in [0.5, 0.6) is 0 Å². The van der Waals surface area contributed by atoms with Crippen LogP contribution in [0.4, 0.5) is 0 Å². The SMILES string of the molecule is O=C(NC1CCCSC1)c1ccc(Br)cc1. The van der Waals surface area contributed by atoms with Gasteiger partial charge in [-0.05, 0) is 42.9 Å². The van der Waals surface area contributed by atoms with Crippen molar-refractivity contribution in [2.75, 3.05) is 11.5 Å². The minimum Gasteiger partial charge on any atom is -0.348 e. The lowest BCUT2D eigenvalue weighted by molar-refractivity contribution is 0.0938. The summed E-state index contributed by atoms with van der Waals surface area (Å²) in [5.74, 6) is 2.31. The molecule has 1 N–H and O–H groups in total. The van der Waals surface area contributed by atoms with Crippen LogP contribution >= 0.6 is 27.7 Å². The molecule has 1 amide bonds. The van der Waals surface area contributed by atoms with Crippen molar-refractivity contribution >= 4 is 33.6 Å². The molecule has 1 aromatic rings. The Morgan fingerprint density at radius 1 is 1.38 bits per heavy atom. The Kier molecular flexibility index (Phi) is 4.29. The predicted octanol–water partition coefficient (Wildman–Crippen LogP) is 3.07. The van der Waals surface area contributed by atoms with Crippen LogP contribution in [0, 0.1) is 0 Å². The minimum absolute atomic E-state index is 0.0417. The number of halogens is 1. The lowest BCUT2D eigenvalue weighted by Crippen LogP contribution is -2.38. The zero-order valence-electron chi connectivity index (χ0n) is 8.91. The molecule has 1 fully saturated rings. The highest BCUT2D eigenvalue weighted by Gasteiger charge is 2.16. The minimum atomic E-state index is 0.0417. The van der Waals surface area contributed by atoms with E-state index in [1.807, 2.05) is 36.0 Å². The van der Waals surface area contributed by atoms with Gasteiger partial charge in [0.25, 0.3) is 5.91 Å². The Bertz CT molecular complexity index is 360. The molecule has 1 heterocycles. The molecule has 0 saturated carbocycles. The van der Waals surface area contributed by atoms with Crippen LogP contribution in [0.1, 0.15) is 23.2 Å². The quantitative estimate of drug-likeness (QED) is 0.909. The molecule has 2 rings (SSSR count). The Hall–Kier alpha value is -0.480. The van der Waals surface area contributed by atoms with Gasteiger partial charge in [0.05, 0.1) is 0 Å². The van der Waals surface area contributed by atoms with E-state index in [1.165, 1.54) is 12.2 Å². The molecule has 0 aliphatic carbocycles. The fraction of sp³-hybridized carbons (Fsp3) is 0.417. The monoisotopic (exact) mass is 299 g/mol. The number of amides is 1. The Morgan fingerprint density at radius 3 is 2.75 bits per heavy atom. The largest absolute Gasteiger partial charge is 0.348 e. The van der Waals surface area contributed by atoms with E-state index in [9.17, 15) is 4.79 Å². The van der Waals surface area contributed by atoms with Crippen LogP contribution in [0.2, 0.25) is 0 Å². The summed E-state index contributed by atoms with van der Waals surface area (Å²) < 4.78 is 0.997. The van der Waals surface area contributed by atoms with Crippen molar-refractivity contribution in [1.82, 2.24) is 5.32 Å². The highest BCUT2D eigenvalue weighted by Crippen LogP contribution is 2.17. The number of nitrogens with one attached hydrogen (secondary N) is 1. The van der Waals surface area contributed by atoms with Crippen LogP contribution in [0.25, 0.3) is 0 Å². The average molecular weight is 300 g/mol. The zero-order chi connectivity index (χ0) is 11.4. The number of rotatable bonds is 2. The van der Waals surface area contributed by atoms with Gasteiger partial charge in [-0.1, -0.05) is 15.9 Å². The van der Waals surface area contributed by atoms with Gasteiger partial charge in [0.15, 0.2) is 0 Å². The molecule has 16 heavy (non-hydrogen) atoms. The summed E-state index contributed by atoms with van der Waals surface area (Å²) >= 11 is 5.28. The van der Waals surface area contributed by atoms with E-state index in [1.54, 1.807) is 0 Å². The second kappa shape index (κ2) is 5.73. The van der Waals surface area contributed by atoms with E-state index in [4.69, 9.17) is 0 Å². The van der Waals surface area contributed by atoms with Crippen LogP contribution in [-0.2, 0) is 0 Å². The van der Waals surface area contributed by atoms with Crippen molar-refractivity contribution < 1.29 is 4.79 Å². The third-order valence-electron chi connectivity index (χ3n) is 2.60. The maximum Gasteiger partial charge on any atom is 0.251 e. The first-order valence-corrected chi connectivity index (χ1v) is 7.34. The number of hydrogen-bond acceptors (Lipinski definition) is 2. The Labute approximate surface area is 108 Å². The third kappa shape index (κ3) is 3.25. The molecule has 0 aromatic heterocycles. The lowest BCUT2D eigenvalue weighted by atomic mass is 10.1. The van der Waals surface area contributed by atoms with Gasteiger partial charge < -0.3 is 5.32 Å². The maximum absolute atomic E-state index is 11.9. The fourth-order valence-electron chi connectivity index (χ4n) is 1.72. The fourth-order valence-corrected chi connectivity index (χ4v) is 3.06. The van der Waals surface area contributed by atoms with E-state index < -0.39 is 0 Å². The van der Waals surface area contributed by atoms with Crippen LogP contribution < -0.4 is 5.32 Å². The summed E-state index contributed by atoms with van der Waals surface area (Å²) in [6.07, 6.45) is 2.31. The van der Waals surface area contributed by atoms with Gasteiger partial charge in [0.2, 0.25) is 0 Å². The van der Waals surface area contributed by atoms with E-state index in [-0.39, 0.29) is 5.91 Å². The molecular formula is C12H14BrNOS. The van der Waals surface area contributed by atoms with Gasteiger partial charge in [0, 0.05) is 21.8 Å². The first-order valence-electron chi connectivity index (χ1n) is 5.40. The Balaban J connectivity index is 1.94. The van der Waals surface area contributed by atoms with Crippen molar-refractivity contribution in [3.8, 4) is 0 Å². The number of thioether (sulfide) groups is 1. The van der Waals surface area contributed by atoms with Crippen LogP contribution in [-0.4, -0.2) is 23.5 Å². The van der Waals surface area contributed by atoms with Crippen LogP contribution in [0.3, 0.4) is 0 Å². The summed E-state index contributed by atoms with van der Waals surface area (Å²) in [6.45, 7) is 0. The van der Waals surface area contributed by atoms with Gasteiger partial charge in [-0.15, -0.1) is 0 Å². The van der Waals surface area contributed by atoms with Gasteiger partial charge in [-0.3, -0.25) is 4.79 Å². The van der Waals surface area contributed by atoms with E-state index in [0.29, 0.717) is 6.04 Å².